The lowest BCUT2D eigenvalue weighted by atomic mass is 9.95. The molecule has 9 heteroatoms. The van der Waals surface area contributed by atoms with Crippen LogP contribution >= 0.6 is 0 Å². The number of urea groups is 1. The first kappa shape index (κ1) is 21.2. The van der Waals surface area contributed by atoms with Crippen LogP contribution in [0.15, 0.2) is 42.5 Å². The standard InChI is InChI=1S/C19H19F4N3O2/c1-18(2,3)16(27)24-12-5-4-6-13(10-12)25-17(28)26-15-9-11(19(21,22)23)7-8-14(15)20/h4-10H,1-3H3,(H,24,27)(H2,25,26,28). The fourth-order valence-electron chi connectivity index (χ4n) is 2.08. The minimum absolute atomic E-state index is 0.236. The first-order chi connectivity index (χ1) is 12.9. The molecular weight excluding hydrogens is 378 g/mol. The van der Waals surface area contributed by atoms with Gasteiger partial charge < -0.3 is 16.0 Å². The number of benzene rings is 2. The van der Waals surface area contributed by atoms with Gasteiger partial charge in [-0.15, -0.1) is 0 Å². The minimum Gasteiger partial charge on any atom is -0.326 e. The third-order valence-corrected chi connectivity index (χ3v) is 3.60. The van der Waals surface area contributed by atoms with Gasteiger partial charge in [0.25, 0.3) is 0 Å². The van der Waals surface area contributed by atoms with Crippen LogP contribution in [0.25, 0.3) is 0 Å². The lowest BCUT2D eigenvalue weighted by molar-refractivity contribution is -0.137. The van der Waals surface area contributed by atoms with Gasteiger partial charge in [-0.2, -0.15) is 13.2 Å². The zero-order valence-electron chi connectivity index (χ0n) is 15.4. The molecule has 0 bridgehead atoms. The van der Waals surface area contributed by atoms with Crippen LogP contribution in [0.3, 0.4) is 0 Å². The van der Waals surface area contributed by atoms with Crippen molar-refractivity contribution >= 4 is 29.0 Å². The highest BCUT2D eigenvalue weighted by molar-refractivity contribution is 6.01. The van der Waals surface area contributed by atoms with E-state index in [0.717, 1.165) is 0 Å². The molecule has 2 rings (SSSR count). The maximum atomic E-state index is 13.7. The van der Waals surface area contributed by atoms with E-state index in [1.165, 1.54) is 12.1 Å². The number of halogens is 4. The third kappa shape index (κ3) is 5.70. The highest BCUT2D eigenvalue weighted by Gasteiger charge is 2.31. The number of carbonyl (C=O) groups is 2. The number of nitrogens with one attached hydrogen (secondary N) is 3. The van der Waals surface area contributed by atoms with E-state index >= 15 is 0 Å². The number of hydrogen-bond donors (Lipinski definition) is 3. The fraction of sp³-hybridized carbons (Fsp3) is 0.263. The van der Waals surface area contributed by atoms with Crippen LogP contribution in [0.1, 0.15) is 26.3 Å². The summed E-state index contributed by atoms with van der Waals surface area (Å²) < 4.78 is 51.9. The Bertz CT molecular complexity index is 889. The molecule has 0 heterocycles. The van der Waals surface area contributed by atoms with Crippen molar-refractivity contribution in [2.75, 3.05) is 16.0 Å². The Morgan fingerprint density at radius 2 is 1.46 bits per heavy atom. The summed E-state index contributed by atoms with van der Waals surface area (Å²) in [6.07, 6.45) is -4.67. The van der Waals surface area contributed by atoms with E-state index in [-0.39, 0.29) is 11.6 Å². The van der Waals surface area contributed by atoms with Crippen LogP contribution in [-0.2, 0) is 11.0 Å². The van der Waals surface area contributed by atoms with Gasteiger partial charge in [0.1, 0.15) is 5.82 Å². The molecule has 2 aromatic rings. The zero-order chi connectivity index (χ0) is 21.1. The molecule has 0 atom stereocenters. The number of rotatable bonds is 3. The van der Waals surface area contributed by atoms with E-state index in [4.69, 9.17) is 0 Å². The normalized spacial score (nSPS) is 11.7. The van der Waals surface area contributed by atoms with Crippen molar-refractivity contribution in [1.82, 2.24) is 0 Å². The minimum atomic E-state index is -4.67. The van der Waals surface area contributed by atoms with Gasteiger partial charge in [0.2, 0.25) is 5.91 Å². The van der Waals surface area contributed by atoms with Gasteiger partial charge in [-0.1, -0.05) is 26.8 Å². The van der Waals surface area contributed by atoms with E-state index in [2.05, 4.69) is 10.6 Å². The molecule has 0 fully saturated rings. The second-order valence-corrected chi connectivity index (χ2v) is 7.06. The second-order valence-electron chi connectivity index (χ2n) is 7.06. The molecule has 0 aliphatic heterocycles. The van der Waals surface area contributed by atoms with Crippen LogP contribution in [-0.4, -0.2) is 11.9 Å². The Morgan fingerprint density at radius 3 is 2.04 bits per heavy atom. The average molecular weight is 397 g/mol. The van der Waals surface area contributed by atoms with Crippen molar-refractivity contribution in [1.29, 1.82) is 0 Å². The summed E-state index contributed by atoms with van der Waals surface area (Å²) >= 11 is 0. The zero-order valence-corrected chi connectivity index (χ0v) is 15.4. The highest BCUT2D eigenvalue weighted by Crippen LogP contribution is 2.31. The predicted molar refractivity (Wildman–Crippen MR) is 98.6 cm³/mol. The van der Waals surface area contributed by atoms with Crippen LogP contribution in [0.5, 0.6) is 0 Å². The second kappa shape index (κ2) is 7.87. The number of carbonyl (C=O) groups excluding carboxylic acids is 2. The first-order valence-electron chi connectivity index (χ1n) is 8.22. The van der Waals surface area contributed by atoms with Crippen molar-refractivity contribution in [2.45, 2.75) is 26.9 Å². The number of anilines is 3. The van der Waals surface area contributed by atoms with Gasteiger partial charge in [0.15, 0.2) is 0 Å². The van der Waals surface area contributed by atoms with Gasteiger partial charge in [0, 0.05) is 16.8 Å². The Morgan fingerprint density at radius 1 is 0.857 bits per heavy atom. The maximum Gasteiger partial charge on any atom is 0.416 e. The molecule has 0 aromatic heterocycles. The molecule has 0 unspecified atom stereocenters. The van der Waals surface area contributed by atoms with Gasteiger partial charge in [-0.05, 0) is 36.4 Å². The van der Waals surface area contributed by atoms with Crippen molar-refractivity contribution in [3.05, 3.63) is 53.8 Å². The smallest absolute Gasteiger partial charge is 0.326 e. The van der Waals surface area contributed by atoms with Crippen molar-refractivity contribution < 1.29 is 27.2 Å². The van der Waals surface area contributed by atoms with Crippen LogP contribution in [0.4, 0.5) is 39.4 Å². The summed E-state index contributed by atoms with van der Waals surface area (Å²) in [6, 6.07) is 6.94. The summed E-state index contributed by atoms with van der Waals surface area (Å²) in [4.78, 5) is 24.0. The number of alkyl halides is 3. The van der Waals surface area contributed by atoms with Gasteiger partial charge >= 0.3 is 12.2 Å². The molecule has 0 spiro atoms. The summed E-state index contributed by atoms with van der Waals surface area (Å²) in [5.74, 6) is -1.24. The van der Waals surface area contributed by atoms with Crippen LogP contribution in [0, 0.1) is 11.2 Å². The average Bonchev–Trinajstić information content (AvgIpc) is 2.55. The molecule has 0 aliphatic rings. The molecule has 0 radical (unpaired) electrons. The van der Waals surface area contributed by atoms with Crippen molar-refractivity contribution in [3.8, 4) is 0 Å². The van der Waals surface area contributed by atoms with Gasteiger partial charge in [-0.3, -0.25) is 4.79 Å². The van der Waals surface area contributed by atoms with E-state index in [1.807, 2.05) is 5.32 Å². The van der Waals surface area contributed by atoms with Crippen molar-refractivity contribution in [2.24, 2.45) is 5.41 Å². The summed E-state index contributed by atoms with van der Waals surface area (Å²) in [7, 11) is 0. The Balaban J connectivity index is 2.10. The summed E-state index contributed by atoms with van der Waals surface area (Å²) in [5.41, 5.74) is -1.64. The molecule has 28 heavy (non-hydrogen) atoms. The van der Waals surface area contributed by atoms with E-state index < -0.39 is 34.7 Å². The van der Waals surface area contributed by atoms with E-state index in [1.54, 1.807) is 32.9 Å². The summed E-state index contributed by atoms with van der Waals surface area (Å²) in [5, 5.41) is 7.10. The maximum absolute atomic E-state index is 13.7. The molecule has 0 saturated heterocycles. The number of hydrogen-bond acceptors (Lipinski definition) is 2. The monoisotopic (exact) mass is 397 g/mol. The highest BCUT2D eigenvalue weighted by atomic mass is 19.4. The quantitative estimate of drug-likeness (QED) is 0.601. The van der Waals surface area contributed by atoms with E-state index in [0.29, 0.717) is 23.9 Å². The molecule has 0 saturated carbocycles. The molecular formula is C19H19F4N3O2. The third-order valence-electron chi connectivity index (χ3n) is 3.60. The molecule has 3 N–H and O–H groups in total. The lowest BCUT2D eigenvalue weighted by Crippen LogP contribution is -2.27. The predicted octanol–water partition coefficient (Wildman–Crippen LogP) is 5.47. The first-order valence-corrected chi connectivity index (χ1v) is 8.22. The summed E-state index contributed by atoms with van der Waals surface area (Å²) in [6.45, 7) is 5.21. The molecule has 3 amide bonds. The molecule has 2 aromatic carbocycles. The van der Waals surface area contributed by atoms with Crippen LogP contribution < -0.4 is 16.0 Å². The topological polar surface area (TPSA) is 70.2 Å². The molecule has 150 valence electrons. The Kier molecular flexibility index (Phi) is 5.96. The number of amides is 3. The Hall–Kier alpha value is -3.10. The largest absolute Gasteiger partial charge is 0.416 e. The molecule has 0 aliphatic carbocycles. The SMILES string of the molecule is CC(C)(C)C(=O)Nc1cccc(NC(=O)Nc2cc(C(F)(F)F)ccc2F)c1. The van der Waals surface area contributed by atoms with Gasteiger partial charge in [0.05, 0.1) is 11.3 Å². The van der Waals surface area contributed by atoms with Gasteiger partial charge in [-0.25, -0.2) is 9.18 Å². The fourth-order valence-corrected chi connectivity index (χ4v) is 2.08. The van der Waals surface area contributed by atoms with E-state index in [9.17, 15) is 27.2 Å². The molecule has 5 nitrogen and oxygen atoms in total. The van der Waals surface area contributed by atoms with Crippen LogP contribution in [0.2, 0.25) is 0 Å². The Labute approximate surface area is 159 Å². The van der Waals surface area contributed by atoms with Crippen molar-refractivity contribution in [3.63, 3.8) is 0 Å². The lowest BCUT2D eigenvalue weighted by Gasteiger charge is -2.18.